The van der Waals surface area contributed by atoms with Crippen LogP contribution in [0.4, 0.5) is 0 Å². The molecule has 0 amide bonds. The summed E-state index contributed by atoms with van der Waals surface area (Å²) in [6.45, 7) is 9.66. The number of hydrogen-bond donors (Lipinski definition) is 1. The highest BCUT2D eigenvalue weighted by Crippen LogP contribution is 2.13. The molecule has 1 saturated heterocycles. The van der Waals surface area contributed by atoms with Gasteiger partial charge in [-0.1, -0.05) is 20.3 Å². The van der Waals surface area contributed by atoms with Crippen LogP contribution in [0.25, 0.3) is 0 Å². The molecule has 0 bridgehead atoms. The van der Waals surface area contributed by atoms with Crippen LogP contribution >= 0.6 is 0 Å². The molecule has 0 spiro atoms. The van der Waals surface area contributed by atoms with E-state index in [4.69, 9.17) is 9.47 Å². The van der Waals surface area contributed by atoms with Crippen LogP contribution in [0, 0.1) is 5.92 Å². The molecule has 1 heterocycles. The van der Waals surface area contributed by atoms with Gasteiger partial charge >= 0.3 is 0 Å². The third-order valence-electron chi connectivity index (χ3n) is 3.99. The minimum atomic E-state index is 0.186. The molecule has 1 N–H and O–H groups in total. The number of nitrogens with one attached hydrogen (secondary N) is 1. The van der Waals surface area contributed by atoms with Gasteiger partial charge in [-0.25, -0.2) is 0 Å². The van der Waals surface area contributed by atoms with Gasteiger partial charge in [-0.15, -0.1) is 0 Å². The lowest BCUT2D eigenvalue weighted by Crippen LogP contribution is -2.44. The van der Waals surface area contributed by atoms with Crippen LogP contribution in [0.3, 0.4) is 0 Å². The quantitative estimate of drug-likeness (QED) is 0.747. The number of nitrogens with zero attached hydrogens (tertiary/aromatic N) is 1. The van der Waals surface area contributed by atoms with E-state index in [1.165, 1.54) is 12.8 Å². The predicted molar refractivity (Wildman–Crippen MR) is 75.0 cm³/mol. The molecule has 0 aromatic carbocycles. The highest BCUT2D eigenvalue weighted by molar-refractivity contribution is 4.81. The third-order valence-corrected chi connectivity index (χ3v) is 3.99. The molecule has 4 nitrogen and oxygen atoms in total. The van der Waals surface area contributed by atoms with Crippen molar-refractivity contribution in [2.24, 2.45) is 5.92 Å². The van der Waals surface area contributed by atoms with Gasteiger partial charge in [0.25, 0.3) is 0 Å². The standard InChI is InChI=1S/C14H30N2O2/c1-5-12(2)14-10-16(8-6-7-15-14)9-13(18-4)11-17-3/h12-15H,5-11H2,1-4H3. The second kappa shape index (κ2) is 8.86. The van der Waals surface area contributed by atoms with Crippen molar-refractivity contribution in [3.8, 4) is 0 Å². The molecule has 4 heteroatoms. The molecule has 1 aliphatic rings. The molecule has 1 aliphatic heterocycles. The summed E-state index contributed by atoms with van der Waals surface area (Å²) in [5, 5.41) is 3.67. The molecule has 1 fully saturated rings. The van der Waals surface area contributed by atoms with E-state index in [0.29, 0.717) is 12.6 Å². The Morgan fingerprint density at radius 3 is 2.78 bits per heavy atom. The van der Waals surface area contributed by atoms with Crippen LogP contribution in [0.2, 0.25) is 0 Å². The molecular weight excluding hydrogens is 228 g/mol. The van der Waals surface area contributed by atoms with Crippen molar-refractivity contribution >= 4 is 0 Å². The lowest BCUT2D eigenvalue weighted by Gasteiger charge is -2.30. The topological polar surface area (TPSA) is 33.7 Å². The van der Waals surface area contributed by atoms with E-state index in [9.17, 15) is 0 Å². The fraction of sp³-hybridized carbons (Fsp3) is 1.00. The van der Waals surface area contributed by atoms with Gasteiger partial charge < -0.3 is 14.8 Å². The summed E-state index contributed by atoms with van der Waals surface area (Å²) < 4.78 is 10.7. The molecule has 3 unspecified atom stereocenters. The van der Waals surface area contributed by atoms with E-state index in [-0.39, 0.29) is 6.10 Å². The number of rotatable bonds is 7. The highest BCUT2D eigenvalue weighted by Gasteiger charge is 2.23. The van der Waals surface area contributed by atoms with Crippen molar-refractivity contribution in [2.45, 2.75) is 38.8 Å². The average molecular weight is 258 g/mol. The van der Waals surface area contributed by atoms with Crippen LogP contribution in [0.15, 0.2) is 0 Å². The van der Waals surface area contributed by atoms with Crippen LogP contribution in [-0.4, -0.2) is 64.1 Å². The third kappa shape index (κ3) is 5.22. The monoisotopic (exact) mass is 258 g/mol. The Hall–Kier alpha value is -0.160. The summed E-state index contributed by atoms with van der Waals surface area (Å²) in [4.78, 5) is 2.52. The summed E-state index contributed by atoms with van der Waals surface area (Å²) >= 11 is 0. The largest absolute Gasteiger partial charge is 0.382 e. The molecule has 0 aromatic heterocycles. The van der Waals surface area contributed by atoms with E-state index >= 15 is 0 Å². The molecule has 0 radical (unpaired) electrons. The number of hydrogen-bond acceptors (Lipinski definition) is 4. The van der Waals surface area contributed by atoms with Crippen molar-refractivity contribution < 1.29 is 9.47 Å². The number of methoxy groups -OCH3 is 2. The van der Waals surface area contributed by atoms with Crippen LogP contribution in [-0.2, 0) is 9.47 Å². The maximum absolute atomic E-state index is 5.47. The summed E-state index contributed by atoms with van der Waals surface area (Å²) in [5.41, 5.74) is 0. The molecule has 0 aromatic rings. The Labute approximate surface area is 112 Å². The Balaban J connectivity index is 2.47. The van der Waals surface area contributed by atoms with Gasteiger partial charge in [0, 0.05) is 33.4 Å². The van der Waals surface area contributed by atoms with Gasteiger partial charge in [0.05, 0.1) is 12.7 Å². The fourth-order valence-corrected chi connectivity index (χ4v) is 2.52. The summed E-state index contributed by atoms with van der Waals surface area (Å²) in [7, 11) is 3.50. The normalized spacial score (nSPS) is 25.7. The Morgan fingerprint density at radius 2 is 2.17 bits per heavy atom. The van der Waals surface area contributed by atoms with Crippen molar-refractivity contribution in [2.75, 3.05) is 47.0 Å². The fourth-order valence-electron chi connectivity index (χ4n) is 2.52. The number of ether oxygens (including phenoxy) is 2. The van der Waals surface area contributed by atoms with Crippen molar-refractivity contribution in [1.29, 1.82) is 0 Å². The first-order chi connectivity index (χ1) is 8.71. The first kappa shape index (κ1) is 15.9. The van der Waals surface area contributed by atoms with E-state index < -0.39 is 0 Å². The van der Waals surface area contributed by atoms with Crippen LogP contribution in [0.1, 0.15) is 26.7 Å². The minimum Gasteiger partial charge on any atom is -0.382 e. The summed E-state index contributed by atoms with van der Waals surface area (Å²) in [6, 6.07) is 0.609. The second-order valence-corrected chi connectivity index (χ2v) is 5.37. The Morgan fingerprint density at radius 1 is 1.39 bits per heavy atom. The second-order valence-electron chi connectivity index (χ2n) is 5.37. The van der Waals surface area contributed by atoms with Gasteiger partial charge in [0.2, 0.25) is 0 Å². The van der Waals surface area contributed by atoms with Crippen molar-refractivity contribution in [3.63, 3.8) is 0 Å². The van der Waals surface area contributed by atoms with Crippen LogP contribution < -0.4 is 5.32 Å². The van der Waals surface area contributed by atoms with Crippen molar-refractivity contribution in [1.82, 2.24) is 10.2 Å². The lowest BCUT2D eigenvalue weighted by atomic mass is 9.99. The maximum atomic E-state index is 5.47. The minimum absolute atomic E-state index is 0.186. The zero-order valence-corrected chi connectivity index (χ0v) is 12.4. The molecule has 108 valence electrons. The van der Waals surface area contributed by atoms with E-state index in [2.05, 4.69) is 24.1 Å². The van der Waals surface area contributed by atoms with Gasteiger partial charge in [-0.2, -0.15) is 0 Å². The summed E-state index contributed by atoms with van der Waals surface area (Å²) in [6.07, 6.45) is 2.64. The smallest absolute Gasteiger partial charge is 0.0931 e. The average Bonchev–Trinajstić information content (AvgIpc) is 2.62. The summed E-state index contributed by atoms with van der Waals surface area (Å²) in [5.74, 6) is 0.731. The van der Waals surface area contributed by atoms with Gasteiger partial charge in [0.1, 0.15) is 0 Å². The Bertz CT molecular complexity index is 214. The molecule has 1 rings (SSSR count). The lowest BCUT2D eigenvalue weighted by molar-refractivity contribution is 0.00502. The SMILES string of the molecule is CCC(C)C1CN(CC(COC)OC)CCCN1. The molecule has 0 saturated carbocycles. The molecule has 0 aliphatic carbocycles. The van der Waals surface area contributed by atoms with E-state index in [1.54, 1.807) is 14.2 Å². The first-order valence-corrected chi connectivity index (χ1v) is 7.18. The van der Waals surface area contributed by atoms with Crippen LogP contribution in [0.5, 0.6) is 0 Å². The van der Waals surface area contributed by atoms with Crippen molar-refractivity contribution in [3.05, 3.63) is 0 Å². The maximum Gasteiger partial charge on any atom is 0.0931 e. The Kier molecular flexibility index (Phi) is 7.82. The predicted octanol–water partition coefficient (Wildman–Crippen LogP) is 1.36. The highest BCUT2D eigenvalue weighted by atomic mass is 16.5. The van der Waals surface area contributed by atoms with E-state index in [0.717, 1.165) is 32.1 Å². The van der Waals surface area contributed by atoms with E-state index in [1.807, 2.05) is 0 Å². The molecular formula is C14H30N2O2. The van der Waals surface area contributed by atoms with Gasteiger partial charge in [0.15, 0.2) is 0 Å². The van der Waals surface area contributed by atoms with Gasteiger partial charge in [-0.05, 0) is 25.4 Å². The van der Waals surface area contributed by atoms with Gasteiger partial charge in [-0.3, -0.25) is 4.90 Å². The zero-order valence-electron chi connectivity index (χ0n) is 12.4. The molecule has 18 heavy (non-hydrogen) atoms. The zero-order chi connectivity index (χ0) is 13.4. The first-order valence-electron chi connectivity index (χ1n) is 7.18. The molecule has 3 atom stereocenters.